The fourth-order valence-electron chi connectivity index (χ4n) is 2.42. The van der Waals surface area contributed by atoms with E-state index in [1.807, 2.05) is 0 Å². The zero-order chi connectivity index (χ0) is 19.5. The second-order valence-corrected chi connectivity index (χ2v) is 7.49. The maximum atomic E-state index is 9.87. The molecule has 0 aliphatic rings. The number of nitrogens with zero attached hydrogens (tertiary/aromatic N) is 1. The summed E-state index contributed by atoms with van der Waals surface area (Å²) in [7, 11) is -8.57. The van der Waals surface area contributed by atoms with Gasteiger partial charge in [-0.25, -0.2) is 4.57 Å². The standard InChI is InChI=1S/C18H16N.F6P/c1-19-14-8-13-17(15-9-4-2-5-10-15)18(19)16-11-6-3-7-12-16;1-7(2,3,4,5)6/h2-14H,1H3;/q+1;-1. The third kappa shape index (κ3) is 7.23. The molecule has 0 bridgehead atoms. The summed E-state index contributed by atoms with van der Waals surface area (Å²) < 4.78 is 61.4. The van der Waals surface area contributed by atoms with E-state index in [1.165, 1.54) is 22.4 Å². The maximum absolute atomic E-state index is 10.7. The van der Waals surface area contributed by atoms with Crippen molar-refractivity contribution in [1.82, 2.24) is 0 Å². The van der Waals surface area contributed by atoms with Crippen LogP contribution in [0.15, 0.2) is 79.0 Å². The molecule has 0 aliphatic carbocycles. The second-order valence-electron chi connectivity index (χ2n) is 5.57. The van der Waals surface area contributed by atoms with Crippen LogP contribution in [0.4, 0.5) is 25.2 Å². The molecule has 3 rings (SSSR count). The van der Waals surface area contributed by atoms with Crippen LogP contribution in [0.1, 0.15) is 0 Å². The van der Waals surface area contributed by atoms with Gasteiger partial charge in [0.15, 0.2) is 6.20 Å². The summed E-state index contributed by atoms with van der Waals surface area (Å²) in [5.41, 5.74) is 4.99. The topological polar surface area (TPSA) is 3.88 Å². The zero-order valence-electron chi connectivity index (χ0n) is 13.7. The predicted molar refractivity (Wildman–Crippen MR) is 92.1 cm³/mol. The molecule has 2 aromatic carbocycles. The molecule has 0 saturated carbocycles. The fourth-order valence-corrected chi connectivity index (χ4v) is 2.42. The first-order chi connectivity index (χ1) is 11.8. The van der Waals surface area contributed by atoms with E-state index in [9.17, 15) is 25.2 Å². The molecule has 26 heavy (non-hydrogen) atoms. The Labute approximate surface area is 146 Å². The predicted octanol–water partition coefficient (Wildman–Crippen LogP) is 7.23. The number of hydrogen-bond donors (Lipinski definition) is 0. The van der Waals surface area contributed by atoms with Crippen LogP contribution >= 0.6 is 7.81 Å². The van der Waals surface area contributed by atoms with E-state index >= 15 is 0 Å². The molecule has 0 saturated heterocycles. The average molecular weight is 391 g/mol. The first kappa shape index (κ1) is 19.9. The monoisotopic (exact) mass is 391 g/mol. The Kier molecular flexibility index (Phi) is 4.90. The summed E-state index contributed by atoms with van der Waals surface area (Å²) >= 11 is 0. The van der Waals surface area contributed by atoms with Crippen molar-refractivity contribution in [3.8, 4) is 22.4 Å². The minimum absolute atomic E-state index is 1.24. The summed E-state index contributed by atoms with van der Waals surface area (Å²) in [6.45, 7) is 0. The molecule has 1 heterocycles. The fraction of sp³-hybridized carbons (Fsp3) is 0.0556. The summed E-state index contributed by atoms with van der Waals surface area (Å²) in [5, 5.41) is 0. The quantitative estimate of drug-likeness (QED) is 0.247. The minimum atomic E-state index is -10.7. The molecule has 0 aliphatic heterocycles. The molecule has 0 atom stereocenters. The van der Waals surface area contributed by atoms with E-state index in [2.05, 4.69) is 90.6 Å². The molecule has 140 valence electrons. The third-order valence-corrected chi connectivity index (χ3v) is 3.31. The van der Waals surface area contributed by atoms with Crippen LogP contribution in [0.5, 0.6) is 0 Å². The van der Waals surface area contributed by atoms with Gasteiger partial charge < -0.3 is 0 Å². The molecule has 1 aromatic heterocycles. The van der Waals surface area contributed by atoms with Gasteiger partial charge in [-0.05, 0) is 23.8 Å². The van der Waals surface area contributed by atoms with E-state index in [1.54, 1.807) is 0 Å². The number of aryl methyl sites for hydroxylation is 1. The molecule has 3 aromatic rings. The molecule has 8 heteroatoms. The van der Waals surface area contributed by atoms with Gasteiger partial charge in [-0.15, -0.1) is 0 Å². The summed E-state index contributed by atoms with van der Waals surface area (Å²) in [4.78, 5) is 0. The number of benzene rings is 2. The van der Waals surface area contributed by atoms with Crippen LogP contribution in [0.2, 0.25) is 0 Å². The van der Waals surface area contributed by atoms with E-state index in [0.29, 0.717) is 0 Å². The van der Waals surface area contributed by atoms with E-state index in [4.69, 9.17) is 0 Å². The van der Waals surface area contributed by atoms with E-state index in [-0.39, 0.29) is 0 Å². The van der Waals surface area contributed by atoms with Crippen LogP contribution in [0.3, 0.4) is 0 Å². The second kappa shape index (κ2) is 6.40. The summed E-state index contributed by atoms with van der Waals surface area (Å²) in [6, 6.07) is 25.3. The Bertz CT molecular complexity index is 867. The normalized spacial score (nSPS) is 13.8. The number of halogens is 6. The molecule has 0 fully saturated rings. The number of rotatable bonds is 2. The van der Waals surface area contributed by atoms with Crippen molar-refractivity contribution in [2.75, 3.05) is 0 Å². The molecular weight excluding hydrogens is 375 g/mol. The van der Waals surface area contributed by atoms with Gasteiger partial charge in [0.1, 0.15) is 7.05 Å². The number of pyridine rings is 1. The molecule has 0 amide bonds. The Morgan fingerprint density at radius 2 is 1.04 bits per heavy atom. The molecule has 0 spiro atoms. The van der Waals surface area contributed by atoms with Gasteiger partial charge in [0.2, 0.25) is 5.69 Å². The van der Waals surface area contributed by atoms with Crippen molar-refractivity contribution in [1.29, 1.82) is 0 Å². The van der Waals surface area contributed by atoms with Crippen molar-refractivity contribution >= 4 is 7.81 Å². The molecule has 1 nitrogen and oxygen atoms in total. The summed E-state index contributed by atoms with van der Waals surface area (Å²) in [5.74, 6) is 0. The van der Waals surface area contributed by atoms with Crippen molar-refractivity contribution in [3.63, 3.8) is 0 Å². The van der Waals surface area contributed by atoms with Crippen LogP contribution in [0.25, 0.3) is 22.4 Å². The number of aromatic nitrogens is 1. The van der Waals surface area contributed by atoms with Crippen LogP contribution in [-0.2, 0) is 7.05 Å². The van der Waals surface area contributed by atoms with Crippen molar-refractivity contribution in [2.24, 2.45) is 7.05 Å². The molecule has 0 unspecified atom stereocenters. The Morgan fingerprint density at radius 3 is 1.50 bits per heavy atom. The van der Waals surface area contributed by atoms with Crippen LogP contribution < -0.4 is 4.57 Å². The first-order valence-electron chi connectivity index (χ1n) is 7.47. The van der Waals surface area contributed by atoms with Crippen LogP contribution in [0, 0.1) is 0 Å². The molecule has 0 N–H and O–H groups in total. The van der Waals surface area contributed by atoms with Gasteiger partial charge in [0.25, 0.3) is 0 Å². The SMILES string of the molecule is C[n+]1cccc(-c2ccccc2)c1-c1ccccc1.F[P-](F)(F)(F)(F)F. The van der Waals surface area contributed by atoms with Crippen molar-refractivity contribution in [2.45, 2.75) is 0 Å². The third-order valence-electron chi connectivity index (χ3n) is 3.31. The molecule has 0 radical (unpaired) electrons. The van der Waals surface area contributed by atoms with Gasteiger partial charge in [0.05, 0.1) is 5.56 Å². The number of hydrogen-bond acceptors (Lipinski definition) is 0. The summed E-state index contributed by atoms with van der Waals surface area (Å²) in [6.07, 6.45) is 2.09. The van der Waals surface area contributed by atoms with Crippen molar-refractivity contribution in [3.05, 3.63) is 79.0 Å². The Morgan fingerprint density at radius 1 is 0.615 bits per heavy atom. The van der Waals surface area contributed by atoms with Gasteiger partial charge in [-0.2, -0.15) is 0 Å². The average Bonchev–Trinajstić information content (AvgIpc) is 2.53. The molecular formula is C18H16F6NP. The Hall–Kier alpha value is -2.40. The first-order valence-corrected chi connectivity index (χ1v) is 9.50. The van der Waals surface area contributed by atoms with Gasteiger partial charge in [-0.3, -0.25) is 0 Å². The van der Waals surface area contributed by atoms with E-state index < -0.39 is 7.81 Å². The van der Waals surface area contributed by atoms with E-state index in [0.717, 1.165) is 0 Å². The Balaban J connectivity index is 0.000000298. The van der Waals surface area contributed by atoms with Gasteiger partial charge >= 0.3 is 33.0 Å². The van der Waals surface area contributed by atoms with Gasteiger partial charge in [0, 0.05) is 11.6 Å². The van der Waals surface area contributed by atoms with Crippen LogP contribution in [-0.4, -0.2) is 0 Å². The van der Waals surface area contributed by atoms with Gasteiger partial charge in [-0.1, -0.05) is 48.5 Å². The zero-order valence-corrected chi connectivity index (χ0v) is 14.6. The van der Waals surface area contributed by atoms with Crippen molar-refractivity contribution < 1.29 is 29.7 Å².